The second kappa shape index (κ2) is 12.0. The van der Waals surface area contributed by atoms with Gasteiger partial charge in [0, 0.05) is 13.0 Å². The molecule has 0 aromatic heterocycles. The molecule has 0 aliphatic carbocycles. The molecule has 2 fully saturated rings. The number of carbonyl (C=O) groups excluding carboxylic acids is 2. The molecule has 2 aliphatic rings. The molecule has 2 aromatic rings. The number of fused-ring (bicyclic) bond motifs is 1. The van der Waals surface area contributed by atoms with Crippen molar-refractivity contribution < 1.29 is 38.0 Å². The molecule has 36 heavy (non-hydrogen) atoms. The Morgan fingerprint density at radius 1 is 0.944 bits per heavy atom. The van der Waals surface area contributed by atoms with Gasteiger partial charge in [-0.1, -0.05) is 49.7 Å². The Hall–Kier alpha value is -2.78. The lowest BCUT2D eigenvalue weighted by molar-refractivity contribution is -0.221. The molecule has 8 nitrogen and oxygen atoms in total. The highest BCUT2D eigenvalue weighted by Gasteiger charge is 2.55. The number of esters is 2. The Labute approximate surface area is 211 Å². The van der Waals surface area contributed by atoms with Crippen molar-refractivity contribution in [3.63, 3.8) is 0 Å². The fourth-order valence-corrected chi connectivity index (χ4v) is 4.33. The number of hydrogen-bond acceptors (Lipinski definition) is 8. The van der Waals surface area contributed by atoms with Crippen molar-refractivity contribution in [3.8, 4) is 0 Å². The summed E-state index contributed by atoms with van der Waals surface area (Å²) in [6, 6.07) is 17.4. The Bertz CT molecular complexity index is 993. The van der Waals surface area contributed by atoms with E-state index in [-0.39, 0.29) is 13.0 Å². The quantitative estimate of drug-likeness (QED) is 0.330. The van der Waals surface area contributed by atoms with Gasteiger partial charge in [0.15, 0.2) is 12.1 Å². The molecular weight excluding hydrogens is 464 g/mol. The van der Waals surface area contributed by atoms with E-state index in [4.69, 9.17) is 28.4 Å². The van der Waals surface area contributed by atoms with E-state index >= 15 is 0 Å². The third-order valence-corrected chi connectivity index (χ3v) is 6.08. The van der Waals surface area contributed by atoms with E-state index in [1.54, 1.807) is 48.5 Å². The Morgan fingerprint density at radius 3 is 2.22 bits per heavy atom. The van der Waals surface area contributed by atoms with Crippen LogP contribution in [0.1, 0.15) is 60.7 Å². The van der Waals surface area contributed by atoms with Crippen LogP contribution in [-0.2, 0) is 28.4 Å². The van der Waals surface area contributed by atoms with Gasteiger partial charge >= 0.3 is 11.9 Å². The third kappa shape index (κ3) is 6.70. The van der Waals surface area contributed by atoms with Crippen molar-refractivity contribution in [3.05, 3.63) is 71.8 Å². The van der Waals surface area contributed by atoms with E-state index in [1.165, 1.54) is 0 Å². The summed E-state index contributed by atoms with van der Waals surface area (Å²) in [6.45, 7) is 6.18. The zero-order valence-electron chi connectivity index (χ0n) is 21.0. The van der Waals surface area contributed by atoms with E-state index in [0.717, 1.165) is 12.8 Å². The van der Waals surface area contributed by atoms with Crippen molar-refractivity contribution in [2.24, 2.45) is 0 Å². The van der Waals surface area contributed by atoms with Crippen molar-refractivity contribution in [1.82, 2.24) is 0 Å². The van der Waals surface area contributed by atoms with Gasteiger partial charge in [0.2, 0.25) is 0 Å². The zero-order valence-corrected chi connectivity index (χ0v) is 21.0. The van der Waals surface area contributed by atoms with Crippen LogP contribution >= 0.6 is 0 Å². The molecule has 0 amide bonds. The molecule has 0 spiro atoms. The number of unbranched alkanes of at least 4 members (excludes halogenated alkanes) is 1. The van der Waals surface area contributed by atoms with Crippen LogP contribution in [0, 0.1) is 0 Å². The van der Waals surface area contributed by atoms with E-state index in [1.807, 2.05) is 26.0 Å². The standard InChI is InChI=1S/C28H34O8/c1-4-5-16-31-23-22(34-27-24(23)35-28(2,3)36-27)17-21(33-26(30)20-14-10-7-11-15-20)18-32-25(29)19-12-8-6-9-13-19/h6-15,21-24,27H,4-5,16-18H2,1-3H3/t21?,22-,23+,24?,27?/m1/s1. The van der Waals surface area contributed by atoms with Crippen LogP contribution in [0.25, 0.3) is 0 Å². The highest BCUT2D eigenvalue weighted by Crippen LogP contribution is 2.40. The topological polar surface area (TPSA) is 89.5 Å². The lowest BCUT2D eigenvalue weighted by Crippen LogP contribution is -2.40. The van der Waals surface area contributed by atoms with Crippen LogP contribution in [-0.4, -0.2) is 61.6 Å². The maximum absolute atomic E-state index is 12.8. The molecule has 5 atom stereocenters. The van der Waals surface area contributed by atoms with Crippen LogP contribution in [0.15, 0.2) is 60.7 Å². The molecule has 2 aromatic carbocycles. The summed E-state index contributed by atoms with van der Waals surface area (Å²) in [5, 5.41) is 0. The number of carbonyl (C=O) groups is 2. The van der Waals surface area contributed by atoms with Crippen LogP contribution in [0.3, 0.4) is 0 Å². The van der Waals surface area contributed by atoms with Gasteiger partial charge < -0.3 is 28.4 Å². The van der Waals surface area contributed by atoms with E-state index < -0.39 is 48.4 Å². The molecule has 2 saturated heterocycles. The SMILES string of the molecule is CCCCO[C@@H]1C2OC(C)(C)OC2O[C@@H]1CC(COC(=O)c1ccccc1)OC(=O)c1ccccc1. The number of rotatable bonds is 11. The lowest BCUT2D eigenvalue weighted by atomic mass is 10.0. The van der Waals surface area contributed by atoms with Gasteiger partial charge in [-0.05, 0) is 44.5 Å². The van der Waals surface area contributed by atoms with Crippen LogP contribution in [0.2, 0.25) is 0 Å². The molecule has 2 aliphatic heterocycles. The smallest absolute Gasteiger partial charge is 0.338 e. The minimum Gasteiger partial charge on any atom is -0.458 e. The highest BCUT2D eigenvalue weighted by atomic mass is 16.8. The predicted octanol–water partition coefficient (Wildman–Crippen LogP) is 4.52. The number of ether oxygens (including phenoxy) is 6. The molecule has 0 radical (unpaired) electrons. The van der Waals surface area contributed by atoms with Gasteiger partial charge in [-0.2, -0.15) is 0 Å². The maximum Gasteiger partial charge on any atom is 0.338 e. The predicted molar refractivity (Wildman–Crippen MR) is 130 cm³/mol. The molecule has 0 bridgehead atoms. The molecule has 4 rings (SSSR count). The van der Waals surface area contributed by atoms with Gasteiger partial charge in [-0.15, -0.1) is 0 Å². The molecule has 194 valence electrons. The van der Waals surface area contributed by atoms with Gasteiger partial charge in [-0.3, -0.25) is 0 Å². The van der Waals surface area contributed by atoms with Crippen molar-refractivity contribution >= 4 is 11.9 Å². The molecular formula is C28H34O8. The summed E-state index contributed by atoms with van der Waals surface area (Å²) in [5.74, 6) is -1.78. The van der Waals surface area contributed by atoms with Crippen LogP contribution in [0.5, 0.6) is 0 Å². The maximum atomic E-state index is 12.8. The first-order chi connectivity index (χ1) is 17.4. The first-order valence-electron chi connectivity index (χ1n) is 12.5. The van der Waals surface area contributed by atoms with Crippen molar-refractivity contribution in [1.29, 1.82) is 0 Å². The van der Waals surface area contributed by atoms with Crippen molar-refractivity contribution in [2.75, 3.05) is 13.2 Å². The van der Waals surface area contributed by atoms with E-state index in [2.05, 4.69) is 6.92 Å². The molecule has 2 heterocycles. The number of hydrogen-bond donors (Lipinski definition) is 0. The molecule has 3 unspecified atom stereocenters. The second-order valence-electron chi connectivity index (χ2n) is 9.43. The number of benzene rings is 2. The van der Waals surface area contributed by atoms with Crippen molar-refractivity contribution in [2.45, 2.75) is 76.5 Å². The average Bonchev–Trinajstić information content (AvgIpc) is 3.34. The highest BCUT2D eigenvalue weighted by molar-refractivity contribution is 5.90. The van der Waals surface area contributed by atoms with Gasteiger partial charge in [0.05, 0.1) is 17.2 Å². The van der Waals surface area contributed by atoms with Crippen LogP contribution < -0.4 is 0 Å². The summed E-state index contributed by atoms with van der Waals surface area (Å²) >= 11 is 0. The summed E-state index contributed by atoms with van der Waals surface area (Å²) in [4.78, 5) is 25.4. The Balaban J connectivity index is 1.47. The fraction of sp³-hybridized carbons (Fsp3) is 0.500. The first kappa shape index (κ1) is 26.3. The monoisotopic (exact) mass is 498 g/mol. The Kier molecular flexibility index (Phi) is 8.74. The summed E-state index contributed by atoms with van der Waals surface area (Å²) < 4.78 is 35.6. The van der Waals surface area contributed by atoms with E-state index in [9.17, 15) is 9.59 Å². The first-order valence-corrected chi connectivity index (χ1v) is 12.5. The third-order valence-electron chi connectivity index (χ3n) is 6.08. The fourth-order valence-electron chi connectivity index (χ4n) is 4.33. The summed E-state index contributed by atoms with van der Waals surface area (Å²) in [5.41, 5.74) is 0.826. The molecule has 8 heteroatoms. The van der Waals surface area contributed by atoms with Gasteiger partial charge in [0.25, 0.3) is 0 Å². The second-order valence-corrected chi connectivity index (χ2v) is 9.43. The van der Waals surface area contributed by atoms with Gasteiger partial charge in [0.1, 0.15) is 24.9 Å². The molecule has 0 N–H and O–H groups in total. The largest absolute Gasteiger partial charge is 0.458 e. The zero-order chi connectivity index (χ0) is 25.5. The van der Waals surface area contributed by atoms with E-state index in [0.29, 0.717) is 17.7 Å². The lowest BCUT2D eigenvalue weighted by Gasteiger charge is -2.28. The van der Waals surface area contributed by atoms with Crippen LogP contribution in [0.4, 0.5) is 0 Å². The van der Waals surface area contributed by atoms with Gasteiger partial charge in [-0.25, -0.2) is 9.59 Å². The Morgan fingerprint density at radius 2 is 1.58 bits per heavy atom. The molecule has 0 saturated carbocycles. The summed E-state index contributed by atoms with van der Waals surface area (Å²) in [7, 11) is 0. The summed E-state index contributed by atoms with van der Waals surface area (Å²) in [6.07, 6.45) is -0.512. The minimum absolute atomic E-state index is 0.129. The average molecular weight is 499 g/mol. The normalized spacial score (nSPS) is 25.2. The minimum atomic E-state index is -0.781.